The van der Waals surface area contributed by atoms with Crippen molar-refractivity contribution in [2.75, 3.05) is 13.1 Å². The van der Waals surface area contributed by atoms with Crippen molar-refractivity contribution in [2.24, 2.45) is 0 Å². The molecule has 2 heterocycles. The highest BCUT2D eigenvalue weighted by Crippen LogP contribution is 2.29. The Balaban J connectivity index is 2.05. The standard InChI is InChI=1S/C11H17NS/c1-2-10-5-6-11(13-10)9-4-3-7-12-8-9/h5-6,9,12H,2-4,7-8H2,1H3/t9-/m0/s1. The summed E-state index contributed by atoms with van der Waals surface area (Å²) in [5, 5.41) is 3.47. The minimum absolute atomic E-state index is 0.791. The molecule has 0 spiro atoms. The summed E-state index contributed by atoms with van der Waals surface area (Å²) in [7, 11) is 0. The van der Waals surface area contributed by atoms with Gasteiger partial charge in [0, 0.05) is 22.2 Å². The molecule has 0 bridgehead atoms. The molecular weight excluding hydrogens is 178 g/mol. The smallest absolute Gasteiger partial charge is 0.00918 e. The number of rotatable bonds is 2. The first-order valence-electron chi connectivity index (χ1n) is 5.19. The van der Waals surface area contributed by atoms with Crippen molar-refractivity contribution in [3.8, 4) is 0 Å². The van der Waals surface area contributed by atoms with Gasteiger partial charge in [0.1, 0.15) is 0 Å². The predicted octanol–water partition coefficient (Wildman–Crippen LogP) is 2.78. The molecule has 0 amide bonds. The van der Waals surface area contributed by atoms with Crippen LogP contribution in [-0.4, -0.2) is 13.1 Å². The van der Waals surface area contributed by atoms with E-state index in [1.807, 2.05) is 11.3 Å². The van der Waals surface area contributed by atoms with Gasteiger partial charge < -0.3 is 5.32 Å². The van der Waals surface area contributed by atoms with Gasteiger partial charge in [-0.05, 0) is 37.9 Å². The zero-order valence-electron chi connectivity index (χ0n) is 8.18. The van der Waals surface area contributed by atoms with Crippen LogP contribution in [0.15, 0.2) is 12.1 Å². The van der Waals surface area contributed by atoms with Crippen molar-refractivity contribution in [1.82, 2.24) is 5.32 Å². The third-order valence-electron chi connectivity index (χ3n) is 2.73. The maximum absolute atomic E-state index is 3.47. The molecule has 13 heavy (non-hydrogen) atoms. The van der Waals surface area contributed by atoms with E-state index in [4.69, 9.17) is 0 Å². The normalized spacial score (nSPS) is 23.3. The second-order valence-corrected chi connectivity index (χ2v) is 4.90. The van der Waals surface area contributed by atoms with Crippen LogP contribution in [0.1, 0.15) is 35.4 Å². The molecule has 1 aromatic rings. The lowest BCUT2D eigenvalue weighted by atomic mass is 9.98. The van der Waals surface area contributed by atoms with Gasteiger partial charge in [-0.25, -0.2) is 0 Å². The highest BCUT2D eigenvalue weighted by molar-refractivity contribution is 7.12. The largest absolute Gasteiger partial charge is 0.316 e. The van der Waals surface area contributed by atoms with E-state index >= 15 is 0 Å². The molecule has 0 radical (unpaired) electrons. The molecule has 1 aliphatic rings. The zero-order chi connectivity index (χ0) is 9.10. The Morgan fingerprint density at radius 1 is 1.54 bits per heavy atom. The van der Waals surface area contributed by atoms with Crippen molar-refractivity contribution in [2.45, 2.75) is 32.1 Å². The molecular formula is C11H17NS. The predicted molar refractivity (Wildman–Crippen MR) is 58.5 cm³/mol. The fourth-order valence-corrected chi connectivity index (χ4v) is 2.99. The number of aryl methyl sites for hydroxylation is 1. The molecule has 1 aromatic heterocycles. The molecule has 0 saturated carbocycles. The third-order valence-corrected chi connectivity index (χ3v) is 4.12. The molecule has 1 atom stereocenters. The monoisotopic (exact) mass is 195 g/mol. The Kier molecular flexibility index (Phi) is 3.01. The third kappa shape index (κ3) is 2.12. The molecule has 1 aliphatic heterocycles. The second-order valence-electron chi connectivity index (χ2n) is 3.70. The van der Waals surface area contributed by atoms with Crippen LogP contribution in [0.25, 0.3) is 0 Å². The minimum Gasteiger partial charge on any atom is -0.316 e. The number of thiophene rings is 1. The van der Waals surface area contributed by atoms with E-state index in [0.29, 0.717) is 0 Å². The van der Waals surface area contributed by atoms with E-state index in [0.717, 1.165) is 5.92 Å². The number of piperidine rings is 1. The van der Waals surface area contributed by atoms with Crippen LogP contribution in [0.3, 0.4) is 0 Å². The summed E-state index contributed by atoms with van der Waals surface area (Å²) in [5.74, 6) is 0.791. The molecule has 0 aliphatic carbocycles. The molecule has 1 nitrogen and oxygen atoms in total. The average Bonchev–Trinajstić information content (AvgIpc) is 2.67. The molecule has 0 unspecified atom stereocenters. The second kappa shape index (κ2) is 4.25. The summed E-state index contributed by atoms with van der Waals surface area (Å²) in [6, 6.07) is 4.61. The first-order chi connectivity index (χ1) is 6.40. The van der Waals surface area contributed by atoms with Crippen LogP contribution in [0, 0.1) is 0 Å². The zero-order valence-corrected chi connectivity index (χ0v) is 8.99. The summed E-state index contributed by atoms with van der Waals surface area (Å²) in [4.78, 5) is 3.12. The van der Waals surface area contributed by atoms with Gasteiger partial charge in [-0.1, -0.05) is 6.92 Å². The summed E-state index contributed by atoms with van der Waals surface area (Å²) < 4.78 is 0. The summed E-state index contributed by atoms with van der Waals surface area (Å²) in [5.41, 5.74) is 0. The van der Waals surface area contributed by atoms with Gasteiger partial charge >= 0.3 is 0 Å². The van der Waals surface area contributed by atoms with Crippen LogP contribution in [0.5, 0.6) is 0 Å². The number of hydrogen-bond donors (Lipinski definition) is 1. The first-order valence-corrected chi connectivity index (χ1v) is 6.01. The molecule has 0 aromatic carbocycles. The lowest BCUT2D eigenvalue weighted by molar-refractivity contribution is 0.466. The Labute approximate surface area is 84.2 Å². The van der Waals surface area contributed by atoms with Crippen LogP contribution in [-0.2, 0) is 6.42 Å². The molecule has 1 fully saturated rings. The Hall–Kier alpha value is -0.340. The van der Waals surface area contributed by atoms with Crippen LogP contribution >= 0.6 is 11.3 Å². The lowest BCUT2D eigenvalue weighted by Crippen LogP contribution is -2.27. The van der Waals surface area contributed by atoms with Crippen LogP contribution in [0.2, 0.25) is 0 Å². The fraction of sp³-hybridized carbons (Fsp3) is 0.636. The summed E-state index contributed by atoms with van der Waals surface area (Å²) in [6.07, 6.45) is 3.89. The van der Waals surface area contributed by atoms with Crippen molar-refractivity contribution >= 4 is 11.3 Å². The SMILES string of the molecule is CCc1ccc([C@H]2CCCNC2)s1. The highest BCUT2D eigenvalue weighted by atomic mass is 32.1. The van der Waals surface area contributed by atoms with Gasteiger partial charge in [0.25, 0.3) is 0 Å². The summed E-state index contributed by atoms with van der Waals surface area (Å²) >= 11 is 2.00. The van der Waals surface area contributed by atoms with E-state index in [-0.39, 0.29) is 0 Å². The molecule has 1 N–H and O–H groups in total. The van der Waals surface area contributed by atoms with Crippen molar-refractivity contribution in [3.63, 3.8) is 0 Å². The average molecular weight is 195 g/mol. The van der Waals surface area contributed by atoms with Crippen LogP contribution in [0.4, 0.5) is 0 Å². The molecule has 2 rings (SSSR count). The van der Waals surface area contributed by atoms with Crippen molar-refractivity contribution in [3.05, 3.63) is 21.9 Å². The van der Waals surface area contributed by atoms with Gasteiger partial charge in [-0.15, -0.1) is 11.3 Å². The van der Waals surface area contributed by atoms with E-state index in [1.165, 1.54) is 37.2 Å². The topological polar surface area (TPSA) is 12.0 Å². The van der Waals surface area contributed by atoms with E-state index in [1.54, 1.807) is 4.88 Å². The molecule has 72 valence electrons. The van der Waals surface area contributed by atoms with Gasteiger partial charge in [0.2, 0.25) is 0 Å². The van der Waals surface area contributed by atoms with Gasteiger partial charge in [0.15, 0.2) is 0 Å². The Morgan fingerprint density at radius 2 is 2.46 bits per heavy atom. The van der Waals surface area contributed by atoms with E-state index < -0.39 is 0 Å². The van der Waals surface area contributed by atoms with Gasteiger partial charge in [-0.3, -0.25) is 0 Å². The highest BCUT2D eigenvalue weighted by Gasteiger charge is 2.16. The quantitative estimate of drug-likeness (QED) is 0.765. The van der Waals surface area contributed by atoms with Gasteiger partial charge in [-0.2, -0.15) is 0 Å². The maximum Gasteiger partial charge on any atom is 0.00918 e. The lowest BCUT2D eigenvalue weighted by Gasteiger charge is -2.21. The Morgan fingerprint density at radius 3 is 3.08 bits per heavy atom. The van der Waals surface area contributed by atoms with E-state index in [2.05, 4.69) is 24.4 Å². The number of nitrogens with one attached hydrogen (secondary N) is 1. The summed E-state index contributed by atoms with van der Waals surface area (Å²) in [6.45, 7) is 4.63. The number of hydrogen-bond acceptors (Lipinski definition) is 2. The van der Waals surface area contributed by atoms with Crippen LogP contribution < -0.4 is 5.32 Å². The van der Waals surface area contributed by atoms with Gasteiger partial charge in [0.05, 0.1) is 0 Å². The first kappa shape index (κ1) is 9.22. The van der Waals surface area contributed by atoms with Crippen molar-refractivity contribution in [1.29, 1.82) is 0 Å². The van der Waals surface area contributed by atoms with Crippen molar-refractivity contribution < 1.29 is 0 Å². The minimum atomic E-state index is 0.791. The molecule has 1 saturated heterocycles. The van der Waals surface area contributed by atoms with E-state index in [9.17, 15) is 0 Å². The molecule has 2 heteroatoms. The maximum atomic E-state index is 3.47. The Bertz CT molecular complexity index is 261. The fourth-order valence-electron chi connectivity index (χ4n) is 1.90.